The van der Waals surface area contributed by atoms with Crippen LogP contribution in [0.3, 0.4) is 0 Å². The van der Waals surface area contributed by atoms with E-state index in [0.717, 1.165) is 17.3 Å². The second-order valence-electron chi connectivity index (χ2n) is 6.05. The molecule has 2 amide bonds. The average molecular weight is 416 g/mol. The summed E-state index contributed by atoms with van der Waals surface area (Å²) in [7, 11) is 0. The molecule has 8 heteroatoms. The number of carbonyl (C=O) groups is 2. The molecule has 2 aromatic rings. The largest absolute Gasteiger partial charge is 0.325 e. The van der Waals surface area contributed by atoms with E-state index in [4.69, 9.17) is 11.6 Å². The third-order valence-electron chi connectivity index (χ3n) is 4.10. The van der Waals surface area contributed by atoms with Gasteiger partial charge < -0.3 is 10.6 Å². The normalized spacial score (nSPS) is 16.3. The number of anilines is 1. The molecule has 3 rings (SSSR count). The van der Waals surface area contributed by atoms with Gasteiger partial charge in [-0.05, 0) is 42.0 Å². The summed E-state index contributed by atoms with van der Waals surface area (Å²) < 4.78 is 12.9. The van der Waals surface area contributed by atoms with Gasteiger partial charge in [-0.2, -0.15) is 5.26 Å². The summed E-state index contributed by atoms with van der Waals surface area (Å²) in [6.45, 7) is 0. The van der Waals surface area contributed by atoms with Crippen LogP contribution in [0.1, 0.15) is 17.9 Å². The highest BCUT2D eigenvalue weighted by Crippen LogP contribution is 2.36. The molecule has 28 heavy (non-hydrogen) atoms. The monoisotopic (exact) mass is 415 g/mol. The Hall–Kier alpha value is -2.82. The minimum absolute atomic E-state index is 0.00843. The standard InChI is InChI=1S/C20H15ClFN3O2S/c21-13-3-1-12(2-4-13)16-9-18(26)25-20(17(16)10-23)28-11-19(27)24-15-7-5-14(22)6-8-15/h1-8,16H,9,11H2,(H,24,27)(H,25,26). The third-order valence-corrected chi connectivity index (χ3v) is 5.37. The van der Waals surface area contributed by atoms with Crippen molar-refractivity contribution in [2.24, 2.45) is 0 Å². The molecule has 0 spiro atoms. The SMILES string of the molecule is N#CC1=C(SCC(=O)Nc2ccc(F)cc2)NC(=O)CC1c1ccc(Cl)cc1. The van der Waals surface area contributed by atoms with E-state index >= 15 is 0 Å². The molecule has 142 valence electrons. The van der Waals surface area contributed by atoms with Gasteiger partial charge in [-0.25, -0.2) is 4.39 Å². The molecule has 0 aliphatic carbocycles. The molecule has 2 N–H and O–H groups in total. The van der Waals surface area contributed by atoms with E-state index < -0.39 is 11.7 Å². The molecule has 5 nitrogen and oxygen atoms in total. The van der Waals surface area contributed by atoms with Gasteiger partial charge in [-0.3, -0.25) is 9.59 Å². The second kappa shape index (κ2) is 8.91. The molecule has 1 atom stereocenters. The van der Waals surface area contributed by atoms with E-state index in [9.17, 15) is 19.2 Å². The van der Waals surface area contributed by atoms with Crippen molar-refractivity contribution in [2.75, 3.05) is 11.1 Å². The van der Waals surface area contributed by atoms with Gasteiger partial charge in [-0.15, -0.1) is 0 Å². The zero-order chi connectivity index (χ0) is 20.1. The topological polar surface area (TPSA) is 82.0 Å². The minimum Gasteiger partial charge on any atom is -0.325 e. The Kier molecular flexibility index (Phi) is 6.34. The summed E-state index contributed by atoms with van der Waals surface area (Å²) in [5, 5.41) is 15.9. The molecule has 1 aliphatic heterocycles. The van der Waals surface area contributed by atoms with Crippen LogP contribution in [0.15, 0.2) is 59.1 Å². The summed E-state index contributed by atoms with van der Waals surface area (Å²) in [5.74, 6) is -1.34. The number of amides is 2. The molecule has 1 heterocycles. The number of halogens is 2. The van der Waals surface area contributed by atoms with Crippen molar-refractivity contribution in [1.82, 2.24) is 5.32 Å². The quantitative estimate of drug-likeness (QED) is 0.767. The first-order valence-electron chi connectivity index (χ1n) is 8.34. The predicted octanol–water partition coefficient (Wildman–Crippen LogP) is 4.19. The number of thioether (sulfide) groups is 1. The zero-order valence-corrected chi connectivity index (χ0v) is 16.1. The van der Waals surface area contributed by atoms with E-state index in [1.807, 2.05) is 0 Å². The van der Waals surface area contributed by atoms with Crippen molar-refractivity contribution in [3.63, 3.8) is 0 Å². The Bertz CT molecular complexity index is 968. The summed E-state index contributed by atoms with van der Waals surface area (Å²) in [4.78, 5) is 24.3. The van der Waals surface area contributed by atoms with Crippen molar-refractivity contribution in [1.29, 1.82) is 5.26 Å². The number of hydrogen-bond donors (Lipinski definition) is 2. The summed E-state index contributed by atoms with van der Waals surface area (Å²) in [5.41, 5.74) is 1.68. The van der Waals surface area contributed by atoms with E-state index in [1.54, 1.807) is 24.3 Å². The van der Waals surface area contributed by atoms with Crippen LogP contribution in [-0.4, -0.2) is 17.6 Å². The van der Waals surface area contributed by atoms with E-state index in [1.165, 1.54) is 24.3 Å². The summed E-state index contributed by atoms with van der Waals surface area (Å²) in [6.07, 6.45) is 0.149. The molecule has 0 fully saturated rings. The lowest BCUT2D eigenvalue weighted by atomic mass is 9.87. The van der Waals surface area contributed by atoms with Gasteiger partial charge in [-0.1, -0.05) is 35.5 Å². The first kappa shape index (κ1) is 19.9. The van der Waals surface area contributed by atoms with Gasteiger partial charge >= 0.3 is 0 Å². The number of rotatable bonds is 5. The predicted molar refractivity (Wildman–Crippen MR) is 107 cm³/mol. The van der Waals surface area contributed by atoms with E-state index in [0.29, 0.717) is 21.3 Å². The molecular formula is C20H15ClFN3O2S. The molecular weight excluding hydrogens is 401 g/mol. The number of allylic oxidation sites excluding steroid dienone is 1. The average Bonchev–Trinajstić information content (AvgIpc) is 2.68. The fourth-order valence-corrected chi connectivity index (χ4v) is 3.78. The first-order valence-corrected chi connectivity index (χ1v) is 9.70. The van der Waals surface area contributed by atoms with Gasteiger partial charge in [0.1, 0.15) is 5.82 Å². The number of nitriles is 1. The maximum Gasteiger partial charge on any atom is 0.234 e. The molecule has 0 saturated carbocycles. The third kappa shape index (κ3) is 4.91. The lowest BCUT2D eigenvalue weighted by Crippen LogP contribution is -2.31. The van der Waals surface area contributed by atoms with Crippen LogP contribution in [0.25, 0.3) is 0 Å². The smallest absolute Gasteiger partial charge is 0.234 e. The van der Waals surface area contributed by atoms with E-state index in [-0.39, 0.29) is 24.0 Å². The highest BCUT2D eigenvalue weighted by molar-refractivity contribution is 8.03. The van der Waals surface area contributed by atoms with Crippen LogP contribution >= 0.6 is 23.4 Å². The number of nitrogens with zero attached hydrogens (tertiary/aromatic N) is 1. The van der Waals surface area contributed by atoms with Gasteiger partial charge in [0.15, 0.2) is 0 Å². The number of hydrogen-bond acceptors (Lipinski definition) is 4. The fraction of sp³-hybridized carbons (Fsp3) is 0.150. The maximum absolute atomic E-state index is 12.9. The lowest BCUT2D eigenvalue weighted by Gasteiger charge is -2.25. The van der Waals surface area contributed by atoms with Crippen LogP contribution in [0.5, 0.6) is 0 Å². The van der Waals surface area contributed by atoms with E-state index in [2.05, 4.69) is 16.7 Å². The van der Waals surface area contributed by atoms with Crippen molar-refractivity contribution in [2.45, 2.75) is 12.3 Å². The highest BCUT2D eigenvalue weighted by Gasteiger charge is 2.29. The second-order valence-corrected chi connectivity index (χ2v) is 7.48. The summed E-state index contributed by atoms with van der Waals surface area (Å²) >= 11 is 6.99. The van der Waals surface area contributed by atoms with Crippen LogP contribution in [0.4, 0.5) is 10.1 Å². The van der Waals surface area contributed by atoms with Gasteiger partial charge in [0.25, 0.3) is 0 Å². The van der Waals surface area contributed by atoms with Crippen molar-refractivity contribution in [3.05, 3.63) is 75.5 Å². The van der Waals surface area contributed by atoms with Gasteiger partial charge in [0, 0.05) is 23.0 Å². The minimum atomic E-state index is -0.394. The Morgan fingerprint density at radius 1 is 1.25 bits per heavy atom. The van der Waals surface area contributed by atoms with Crippen molar-refractivity contribution < 1.29 is 14.0 Å². The Morgan fingerprint density at radius 3 is 2.57 bits per heavy atom. The van der Waals surface area contributed by atoms with Crippen LogP contribution in [0.2, 0.25) is 5.02 Å². The molecule has 0 bridgehead atoms. The van der Waals surface area contributed by atoms with Crippen LogP contribution < -0.4 is 10.6 Å². The first-order chi connectivity index (χ1) is 13.5. The van der Waals surface area contributed by atoms with Crippen LogP contribution in [0, 0.1) is 17.1 Å². The number of benzene rings is 2. The molecule has 0 aromatic heterocycles. The molecule has 0 saturated heterocycles. The van der Waals surface area contributed by atoms with Crippen molar-refractivity contribution >= 4 is 40.9 Å². The highest BCUT2D eigenvalue weighted by atomic mass is 35.5. The Morgan fingerprint density at radius 2 is 1.93 bits per heavy atom. The van der Waals surface area contributed by atoms with Gasteiger partial charge in [0.05, 0.1) is 22.4 Å². The molecule has 0 radical (unpaired) electrons. The van der Waals surface area contributed by atoms with Crippen LogP contribution in [-0.2, 0) is 9.59 Å². The number of carbonyl (C=O) groups excluding carboxylic acids is 2. The molecule has 1 aliphatic rings. The Labute approximate surface area is 170 Å². The molecule has 1 unspecified atom stereocenters. The fourth-order valence-electron chi connectivity index (χ4n) is 2.78. The Balaban J connectivity index is 1.73. The number of nitrogens with one attached hydrogen (secondary N) is 2. The van der Waals surface area contributed by atoms with Gasteiger partial charge in [0.2, 0.25) is 11.8 Å². The maximum atomic E-state index is 12.9. The zero-order valence-electron chi connectivity index (χ0n) is 14.5. The molecule has 2 aromatic carbocycles. The summed E-state index contributed by atoms with van der Waals surface area (Å²) in [6, 6.07) is 14.5. The van der Waals surface area contributed by atoms with Crippen molar-refractivity contribution in [3.8, 4) is 6.07 Å². The lowest BCUT2D eigenvalue weighted by molar-refractivity contribution is -0.121.